The third-order valence-corrected chi connectivity index (χ3v) is 6.52. The molecule has 11 heteroatoms. The maximum absolute atomic E-state index is 13.2. The minimum absolute atomic E-state index is 0.0141. The van der Waals surface area contributed by atoms with Gasteiger partial charge in [0.25, 0.3) is 11.5 Å². The number of anilines is 3. The van der Waals surface area contributed by atoms with Crippen molar-refractivity contribution in [3.63, 3.8) is 0 Å². The number of carbonyl (C=O) groups is 1. The molecule has 11 nitrogen and oxygen atoms in total. The Morgan fingerprint density at radius 1 is 1.11 bits per heavy atom. The van der Waals surface area contributed by atoms with Crippen LogP contribution in [0.5, 0.6) is 0 Å². The first-order chi connectivity index (χ1) is 17.6. The molecule has 2 saturated carbocycles. The van der Waals surface area contributed by atoms with E-state index in [1.807, 2.05) is 6.07 Å². The molecule has 4 heterocycles. The monoisotopic (exact) mass is 487 g/mol. The van der Waals surface area contributed by atoms with Crippen LogP contribution in [0.1, 0.15) is 36.2 Å². The van der Waals surface area contributed by atoms with Crippen LogP contribution in [0.15, 0.2) is 58.1 Å². The van der Waals surface area contributed by atoms with Crippen molar-refractivity contribution in [1.82, 2.24) is 25.0 Å². The maximum atomic E-state index is 13.2. The fraction of sp³-hybridized carbons (Fsp3) is 0.320. The second-order valence-electron chi connectivity index (χ2n) is 9.02. The Kier molecular flexibility index (Phi) is 5.61. The second kappa shape index (κ2) is 9.08. The molecule has 0 saturated heterocycles. The molecule has 4 aromatic heterocycles. The van der Waals surface area contributed by atoms with Crippen molar-refractivity contribution in [2.75, 3.05) is 17.7 Å². The number of nitrogens with one attached hydrogen (secondary N) is 3. The van der Waals surface area contributed by atoms with Crippen molar-refractivity contribution in [1.29, 1.82) is 0 Å². The first-order valence-electron chi connectivity index (χ1n) is 11.9. The van der Waals surface area contributed by atoms with Gasteiger partial charge in [-0.1, -0.05) is 11.2 Å². The largest absolute Gasteiger partial charge is 0.380 e. The van der Waals surface area contributed by atoms with Gasteiger partial charge in [0.15, 0.2) is 5.52 Å². The minimum Gasteiger partial charge on any atom is -0.380 e. The van der Waals surface area contributed by atoms with E-state index in [9.17, 15) is 9.59 Å². The predicted octanol–water partition coefficient (Wildman–Crippen LogP) is 2.99. The number of hydrogen-bond acceptors (Lipinski definition) is 9. The lowest BCUT2D eigenvalue weighted by molar-refractivity contribution is 0.00678. The van der Waals surface area contributed by atoms with Gasteiger partial charge in [-0.15, -0.1) is 0 Å². The molecule has 4 aromatic rings. The summed E-state index contributed by atoms with van der Waals surface area (Å²) in [6.45, 7) is 0. The summed E-state index contributed by atoms with van der Waals surface area (Å²) in [6.07, 6.45) is 7.10. The van der Waals surface area contributed by atoms with Crippen molar-refractivity contribution in [3.8, 4) is 5.82 Å². The average molecular weight is 488 g/mol. The van der Waals surface area contributed by atoms with Crippen molar-refractivity contribution in [2.45, 2.75) is 43.9 Å². The first kappa shape index (κ1) is 22.2. The Labute approximate surface area is 205 Å². The lowest BCUT2D eigenvalue weighted by Gasteiger charge is -2.35. The van der Waals surface area contributed by atoms with Gasteiger partial charge in [-0.2, -0.15) is 0 Å². The first-order valence-corrected chi connectivity index (χ1v) is 11.9. The van der Waals surface area contributed by atoms with Crippen molar-refractivity contribution < 1.29 is 14.1 Å². The highest BCUT2D eigenvalue weighted by Gasteiger charge is 2.34. The van der Waals surface area contributed by atoms with E-state index in [0.29, 0.717) is 40.1 Å². The number of nitrogens with zero attached hydrogens (tertiary/aromatic N) is 4. The smallest absolute Gasteiger partial charge is 0.292 e. The molecule has 2 aliphatic carbocycles. The van der Waals surface area contributed by atoms with E-state index < -0.39 is 5.91 Å². The van der Waals surface area contributed by atoms with E-state index >= 15 is 0 Å². The zero-order chi connectivity index (χ0) is 24.6. The molecule has 36 heavy (non-hydrogen) atoms. The molecule has 0 aliphatic heterocycles. The van der Waals surface area contributed by atoms with E-state index in [2.05, 4.69) is 31.1 Å². The van der Waals surface area contributed by atoms with Gasteiger partial charge in [-0.3, -0.25) is 14.2 Å². The Morgan fingerprint density at radius 3 is 2.72 bits per heavy atom. The highest BCUT2D eigenvalue weighted by atomic mass is 16.5. The summed E-state index contributed by atoms with van der Waals surface area (Å²) in [5.74, 6) is 0.517. The topological polar surface area (TPSA) is 136 Å². The summed E-state index contributed by atoms with van der Waals surface area (Å²) in [7, 11) is 1.63. The molecule has 1 amide bonds. The number of carbonyl (C=O) groups excluding carboxylic acids is 1. The molecular formula is C25H25N7O4. The molecule has 6 rings (SSSR count). The second-order valence-corrected chi connectivity index (χ2v) is 9.02. The van der Waals surface area contributed by atoms with Crippen molar-refractivity contribution >= 4 is 34.1 Å². The summed E-state index contributed by atoms with van der Waals surface area (Å²) in [4.78, 5) is 35.0. The van der Waals surface area contributed by atoms with Crippen LogP contribution in [0.25, 0.3) is 16.9 Å². The summed E-state index contributed by atoms with van der Waals surface area (Å²) >= 11 is 0. The maximum Gasteiger partial charge on any atom is 0.292 e. The van der Waals surface area contributed by atoms with Crippen LogP contribution in [-0.2, 0) is 4.74 Å². The standard InChI is InChI=1S/C25H25N7O4/c1-35-18-10-9-15(18)29-24(33)23-22-21(31-36-23)17(27-14-7-8-14)13-19(30-22)28-16-5-4-12-32(25(16)34)20-6-2-3-11-26-20/h2-6,11-15,18,27H,7-10H2,1H3,(H,28,30)(H,29,33)/t15-,18-/m1/s1. The lowest BCUT2D eigenvalue weighted by atomic mass is 9.89. The molecule has 184 valence electrons. The molecule has 0 bridgehead atoms. The number of ether oxygens (including phenoxy) is 1. The summed E-state index contributed by atoms with van der Waals surface area (Å²) in [6, 6.07) is 10.8. The van der Waals surface area contributed by atoms with Gasteiger partial charge in [0.05, 0.1) is 17.8 Å². The SMILES string of the molecule is CO[C@@H]1CC[C@H]1NC(=O)c1onc2c(NC3CC3)cc(Nc3cccn(-c4ccccn4)c3=O)nc12. The number of pyridine rings is 3. The fourth-order valence-electron chi connectivity index (χ4n) is 4.25. The average Bonchev–Trinajstić information content (AvgIpc) is 3.59. The number of hydrogen-bond donors (Lipinski definition) is 3. The molecule has 2 fully saturated rings. The molecule has 0 spiro atoms. The van der Waals surface area contributed by atoms with Gasteiger partial charge < -0.3 is 25.2 Å². The van der Waals surface area contributed by atoms with Gasteiger partial charge in [-0.05, 0) is 49.9 Å². The van der Waals surface area contributed by atoms with Crippen LogP contribution in [0.2, 0.25) is 0 Å². The number of methoxy groups -OCH3 is 1. The van der Waals surface area contributed by atoms with Gasteiger partial charge in [0.1, 0.15) is 22.8 Å². The van der Waals surface area contributed by atoms with Gasteiger partial charge >= 0.3 is 0 Å². The van der Waals surface area contributed by atoms with Gasteiger partial charge in [-0.25, -0.2) is 9.97 Å². The van der Waals surface area contributed by atoms with E-state index in [0.717, 1.165) is 25.7 Å². The Morgan fingerprint density at radius 2 is 2.00 bits per heavy atom. The third kappa shape index (κ3) is 4.17. The Balaban J connectivity index is 1.35. The van der Waals surface area contributed by atoms with E-state index in [1.54, 1.807) is 49.8 Å². The Hall–Kier alpha value is -4.25. The van der Waals surface area contributed by atoms with E-state index in [-0.39, 0.29) is 23.5 Å². The normalized spacial score (nSPS) is 19.0. The van der Waals surface area contributed by atoms with Crippen LogP contribution in [0.4, 0.5) is 17.2 Å². The van der Waals surface area contributed by atoms with Crippen LogP contribution in [0.3, 0.4) is 0 Å². The molecule has 0 radical (unpaired) electrons. The van der Waals surface area contributed by atoms with Crippen molar-refractivity contribution in [2.24, 2.45) is 0 Å². The highest BCUT2D eigenvalue weighted by Crippen LogP contribution is 2.33. The minimum atomic E-state index is -0.400. The van der Waals surface area contributed by atoms with E-state index in [4.69, 9.17) is 9.26 Å². The fourth-order valence-corrected chi connectivity index (χ4v) is 4.25. The summed E-state index contributed by atoms with van der Waals surface area (Å²) < 4.78 is 12.3. The van der Waals surface area contributed by atoms with Gasteiger partial charge in [0.2, 0.25) is 5.76 Å². The molecule has 2 aliphatic rings. The highest BCUT2D eigenvalue weighted by molar-refractivity contribution is 6.05. The number of rotatable bonds is 8. The van der Waals surface area contributed by atoms with Crippen LogP contribution < -0.4 is 21.5 Å². The molecule has 2 atom stereocenters. The number of aromatic nitrogens is 4. The van der Waals surface area contributed by atoms with Crippen LogP contribution >= 0.6 is 0 Å². The zero-order valence-corrected chi connectivity index (χ0v) is 19.6. The molecule has 0 unspecified atom stereocenters. The quantitative estimate of drug-likeness (QED) is 0.343. The van der Waals surface area contributed by atoms with Crippen molar-refractivity contribution in [3.05, 3.63) is 64.9 Å². The molecule has 0 aromatic carbocycles. The molecule has 3 N–H and O–H groups in total. The van der Waals surface area contributed by atoms with Crippen LogP contribution in [0, 0.1) is 0 Å². The zero-order valence-electron chi connectivity index (χ0n) is 19.6. The number of fused-ring (bicyclic) bond motifs is 1. The summed E-state index contributed by atoms with van der Waals surface area (Å²) in [5, 5.41) is 13.6. The lowest BCUT2D eigenvalue weighted by Crippen LogP contribution is -2.51. The van der Waals surface area contributed by atoms with E-state index in [1.165, 1.54) is 4.57 Å². The van der Waals surface area contributed by atoms with Gasteiger partial charge in [0, 0.05) is 31.6 Å². The Bertz CT molecular complexity index is 1480. The number of amides is 1. The predicted molar refractivity (Wildman–Crippen MR) is 133 cm³/mol. The molecular weight excluding hydrogens is 462 g/mol. The third-order valence-electron chi connectivity index (χ3n) is 6.52. The summed E-state index contributed by atoms with van der Waals surface area (Å²) in [5.41, 5.74) is 1.50. The van der Waals surface area contributed by atoms with Crippen LogP contribution in [-0.4, -0.2) is 50.9 Å².